The van der Waals surface area contributed by atoms with Crippen LogP contribution in [0.3, 0.4) is 0 Å². The molecule has 6 heteroatoms. The lowest BCUT2D eigenvalue weighted by atomic mass is 9.81. The van der Waals surface area contributed by atoms with Gasteiger partial charge in [0.2, 0.25) is 0 Å². The second-order valence-electron chi connectivity index (χ2n) is 3.56. The maximum absolute atomic E-state index is 12.2. The maximum Gasteiger partial charge on any atom is 0.482 e. The average molecular weight is 231 g/mol. The largest absolute Gasteiger partial charge is 0.482 e. The van der Waals surface area contributed by atoms with E-state index in [1.165, 1.54) is 25.3 Å². The van der Waals surface area contributed by atoms with E-state index in [0.29, 0.717) is 11.1 Å². The third kappa shape index (κ3) is 3.29. The minimum atomic E-state index is -4.85. The van der Waals surface area contributed by atoms with Crippen LogP contribution in [-0.2, 0) is 11.1 Å². The van der Waals surface area contributed by atoms with Crippen LogP contribution < -0.4 is 0 Å². The molecule has 0 amide bonds. The summed E-state index contributed by atoms with van der Waals surface area (Å²) in [4.78, 5) is 11.2. The van der Waals surface area contributed by atoms with E-state index in [1.807, 2.05) is 0 Å². The Bertz CT molecular complexity index is 402. The summed E-state index contributed by atoms with van der Waals surface area (Å²) in [6.07, 6.45) is -0.928. The molecule has 0 saturated carbocycles. The first-order valence-corrected chi connectivity index (χ1v) is 4.72. The van der Waals surface area contributed by atoms with Gasteiger partial charge >= 0.3 is 12.9 Å². The second kappa shape index (κ2) is 4.59. The summed E-state index contributed by atoms with van der Waals surface area (Å²) < 4.78 is 41.0. The molecule has 2 nitrogen and oxygen atoms in total. The first kappa shape index (κ1) is 12.6. The molecule has 0 spiro atoms. The molecule has 0 saturated heterocycles. The predicted octanol–water partition coefficient (Wildman–Crippen LogP) is 2.71. The topological polar surface area (TPSA) is 26.3 Å². The molecule has 0 N–H and O–H groups in total. The second-order valence-corrected chi connectivity index (χ2v) is 3.56. The molecule has 16 heavy (non-hydrogen) atoms. The third-order valence-corrected chi connectivity index (χ3v) is 2.16. The van der Waals surface area contributed by atoms with Gasteiger partial charge in [-0.1, -0.05) is 24.0 Å². The van der Waals surface area contributed by atoms with E-state index in [2.05, 4.69) is 4.74 Å². The quantitative estimate of drug-likeness (QED) is 0.590. The Hall–Kier alpha value is -1.46. The van der Waals surface area contributed by atoms with Gasteiger partial charge in [0.15, 0.2) is 0 Å². The summed E-state index contributed by atoms with van der Waals surface area (Å²) in [5.74, 6) is -0.540. The average Bonchev–Trinajstić information content (AvgIpc) is 2.14. The van der Waals surface area contributed by atoms with Crippen molar-refractivity contribution in [1.82, 2.24) is 0 Å². The van der Waals surface area contributed by atoms with Gasteiger partial charge in [0.05, 0.1) is 12.7 Å². The highest BCUT2D eigenvalue weighted by Crippen LogP contribution is 2.19. The Balaban J connectivity index is 2.96. The number of methoxy groups -OCH3 is 1. The summed E-state index contributed by atoms with van der Waals surface area (Å²) in [6, 6.07) is 4.02. The summed E-state index contributed by atoms with van der Waals surface area (Å²) in [6.45, 7) is -3.26. The molecule has 0 aliphatic rings. The van der Waals surface area contributed by atoms with Gasteiger partial charge in [-0.15, -0.1) is 0 Å². The molecule has 0 radical (unpaired) electrons. The minimum absolute atomic E-state index is 0.164. The van der Waals surface area contributed by atoms with E-state index < -0.39 is 19.3 Å². The Kier molecular flexibility index (Phi) is 3.62. The van der Waals surface area contributed by atoms with Crippen molar-refractivity contribution in [3.05, 3.63) is 34.9 Å². The lowest BCUT2D eigenvalue weighted by molar-refractivity contribution is 0.0600. The fourth-order valence-corrected chi connectivity index (χ4v) is 1.46. The fourth-order valence-electron chi connectivity index (χ4n) is 1.46. The van der Waals surface area contributed by atoms with Crippen molar-refractivity contribution in [2.24, 2.45) is 0 Å². The molecular weight excluding hydrogens is 220 g/mol. The standard InChI is InChI=1S/C10H11BF3O2/c1-7-5-8(6-11(12,13)14)3-4-9(7)10(15)16-2/h3-5H,6H2,1-2H3/q-1. The molecule has 1 aromatic carbocycles. The highest BCUT2D eigenvalue weighted by molar-refractivity contribution is 6.57. The highest BCUT2D eigenvalue weighted by Gasteiger charge is 2.23. The first-order valence-electron chi connectivity index (χ1n) is 4.72. The zero-order chi connectivity index (χ0) is 12.3. The van der Waals surface area contributed by atoms with E-state index in [0.717, 1.165) is 0 Å². The summed E-state index contributed by atoms with van der Waals surface area (Å²) in [7, 11) is 1.23. The molecule has 0 bridgehead atoms. The number of rotatable bonds is 3. The minimum Gasteiger partial charge on any atom is -0.465 e. The van der Waals surface area contributed by atoms with Crippen LogP contribution in [0.4, 0.5) is 12.9 Å². The van der Waals surface area contributed by atoms with Crippen molar-refractivity contribution >= 4 is 12.9 Å². The Morgan fingerprint density at radius 2 is 2.00 bits per heavy atom. The molecule has 0 aromatic heterocycles. The van der Waals surface area contributed by atoms with Gasteiger partial charge in [-0.05, 0) is 18.6 Å². The molecule has 0 heterocycles. The zero-order valence-electron chi connectivity index (χ0n) is 8.97. The van der Waals surface area contributed by atoms with Gasteiger partial charge in [0.25, 0.3) is 0 Å². The van der Waals surface area contributed by atoms with Gasteiger partial charge in [-0.25, -0.2) is 4.79 Å². The monoisotopic (exact) mass is 231 g/mol. The number of hydrogen-bond acceptors (Lipinski definition) is 2. The van der Waals surface area contributed by atoms with Crippen LogP contribution in [-0.4, -0.2) is 20.1 Å². The van der Waals surface area contributed by atoms with Gasteiger partial charge in [0, 0.05) is 0 Å². The van der Waals surface area contributed by atoms with Crippen LogP contribution >= 0.6 is 0 Å². The first-order chi connectivity index (χ1) is 7.33. The SMILES string of the molecule is COC(=O)c1ccc(C[B-](F)(F)F)cc1C. The van der Waals surface area contributed by atoms with Gasteiger partial charge in [-0.2, -0.15) is 0 Å². The third-order valence-electron chi connectivity index (χ3n) is 2.16. The van der Waals surface area contributed by atoms with Gasteiger partial charge in [0.1, 0.15) is 0 Å². The molecule has 88 valence electrons. The summed E-state index contributed by atoms with van der Waals surface area (Å²) >= 11 is 0. The number of benzene rings is 1. The van der Waals surface area contributed by atoms with Crippen LogP contribution in [0.5, 0.6) is 0 Å². The number of aryl methyl sites for hydroxylation is 1. The van der Waals surface area contributed by atoms with Crippen LogP contribution in [0.1, 0.15) is 21.5 Å². The van der Waals surface area contributed by atoms with E-state index in [9.17, 15) is 17.7 Å². The van der Waals surface area contributed by atoms with E-state index in [4.69, 9.17) is 0 Å². The maximum atomic E-state index is 12.2. The van der Waals surface area contributed by atoms with Crippen LogP contribution in [0.2, 0.25) is 0 Å². The molecule has 0 atom stereocenters. The predicted molar refractivity (Wildman–Crippen MR) is 55.3 cm³/mol. The Morgan fingerprint density at radius 3 is 2.44 bits per heavy atom. The van der Waals surface area contributed by atoms with E-state index >= 15 is 0 Å². The van der Waals surface area contributed by atoms with Crippen molar-refractivity contribution in [3.8, 4) is 0 Å². The van der Waals surface area contributed by atoms with Crippen LogP contribution in [0.25, 0.3) is 0 Å². The van der Waals surface area contributed by atoms with Crippen molar-refractivity contribution < 1.29 is 22.5 Å². The number of halogens is 3. The van der Waals surface area contributed by atoms with Crippen molar-refractivity contribution in [1.29, 1.82) is 0 Å². The van der Waals surface area contributed by atoms with Crippen molar-refractivity contribution in [2.45, 2.75) is 13.2 Å². The van der Waals surface area contributed by atoms with Crippen LogP contribution in [0, 0.1) is 6.92 Å². The number of ether oxygens (including phenoxy) is 1. The van der Waals surface area contributed by atoms with Gasteiger partial charge in [-0.3, -0.25) is 0 Å². The summed E-state index contributed by atoms with van der Waals surface area (Å²) in [5, 5.41) is 0. The number of hydrogen-bond donors (Lipinski definition) is 0. The highest BCUT2D eigenvalue weighted by atomic mass is 19.4. The van der Waals surface area contributed by atoms with Crippen LogP contribution in [0.15, 0.2) is 18.2 Å². The van der Waals surface area contributed by atoms with E-state index in [-0.39, 0.29) is 5.56 Å². The lowest BCUT2D eigenvalue weighted by Crippen LogP contribution is -2.19. The van der Waals surface area contributed by atoms with E-state index in [1.54, 1.807) is 6.92 Å². The molecule has 0 aliphatic heterocycles. The van der Waals surface area contributed by atoms with Crippen molar-refractivity contribution in [2.75, 3.05) is 7.11 Å². The zero-order valence-corrected chi connectivity index (χ0v) is 8.97. The number of carbonyl (C=O) groups excluding carboxylic acids is 1. The summed E-state index contributed by atoms with van der Waals surface area (Å²) in [5.41, 5.74) is 0.947. The Morgan fingerprint density at radius 1 is 1.38 bits per heavy atom. The molecule has 1 rings (SSSR count). The van der Waals surface area contributed by atoms with Crippen molar-refractivity contribution in [3.63, 3.8) is 0 Å². The lowest BCUT2D eigenvalue weighted by Gasteiger charge is -2.14. The Labute approximate surface area is 91.5 Å². The molecule has 0 fully saturated rings. The smallest absolute Gasteiger partial charge is 0.465 e. The molecule has 0 unspecified atom stereocenters. The fraction of sp³-hybridized carbons (Fsp3) is 0.300. The molecule has 1 aromatic rings. The van der Waals surface area contributed by atoms with Gasteiger partial charge < -0.3 is 17.7 Å². The number of carbonyl (C=O) groups is 1. The number of esters is 1. The normalized spacial score (nSPS) is 11.3. The molecular formula is C10H11BF3O2-. The molecule has 0 aliphatic carbocycles.